The second kappa shape index (κ2) is 14.1. The number of nitrogens with one attached hydrogen (secondary N) is 1. The van der Waals surface area contributed by atoms with Gasteiger partial charge in [-0.25, -0.2) is 0 Å². The first-order valence-corrected chi connectivity index (χ1v) is 13.3. The van der Waals surface area contributed by atoms with Gasteiger partial charge < -0.3 is 10.2 Å². The fourth-order valence-electron chi connectivity index (χ4n) is 3.28. The number of rotatable bonds is 12. The van der Waals surface area contributed by atoms with Gasteiger partial charge in [0.1, 0.15) is 6.04 Å². The Morgan fingerprint density at radius 3 is 2.30 bits per heavy atom. The highest BCUT2D eigenvalue weighted by atomic mass is 35.5. The van der Waals surface area contributed by atoms with E-state index in [1.165, 1.54) is 0 Å². The molecular weight excluding hydrogens is 499 g/mol. The summed E-state index contributed by atoms with van der Waals surface area (Å²) < 4.78 is 0. The molecule has 0 aliphatic carbocycles. The Morgan fingerprint density at radius 2 is 1.70 bits per heavy atom. The molecule has 0 bridgehead atoms. The highest BCUT2D eigenvalue weighted by Gasteiger charge is 2.29. The van der Waals surface area contributed by atoms with Gasteiger partial charge in [-0.3, -0.25) is 9.59 Å². The van der Waals surface area contributed by atoms with Crippen LogP contribution in [0.25, 0.3) is 0 Å². The molecule has 0 unspecified atom stereocenters. The first-order chi connectivity index (χ1) is 15.7. The van der Waals surface area contributed by atoms with E-state index < -0.39 is 6.04 Å². The minimum absolute atomic E-state index is 0.0456. The Labute approximate surface area is 216 Å². The molecular formula is C25H31Cl3N2O2S. The molecule has 2 rings (SSSR count). The Hall–Kier alpha value is -1.40. The number of benzene rings is 2. The Kier molecular flexibility index (Phi) is 11.9. The second-order valence-corrected chi connectivity index (χ2v) is 10.3. The Bertz CT molecular complexity index is 924. The number of hydrogen-bond donors (Lipinski definition) is 1. The molecule has 8 heteroatoms. The van der Waals surface area contributed by atoms with Gasteiger partial charge in [0.25, 0.3) is 0 Å². The monoisotopic (exact) mass is 528 g/mol. The van der Waals surface area contributed by atoms with Crippen molar-refractivity contribution in [3.05, 3.63) is 63.1 Å². The maximum absolute atomic E-state index is 13.3. The van der Waals surface area contributed by atoms with E-state index in [0.717, 1.165) is 22.6 Å². The maximum Gasteiger partial charge on any atom is 0.243 e. The van der Waals surface area contributed by atoms with Crippen LogP contribution >= 0.6 is 46.6 Å². The van der Waals surface area contributed by atoms with Crippen LogP contribution in [0.15, 0.2) is 47.4 Å². The summed E-state index contributed by atoms with van der Waals surface area (Å²) in [6.45, 7) is 6.20. The topological polar surface area (TPSA) is 49.4 Å². The summed E-state index contributed by atoms with van der Waals surface area (Å²) in [4.78, 5) is 29.0. The van der Waals surface area contributed by atoms with E-state index in [0.29, 0.717) is 40.9 Å². The van der Waals surface area contributed by atoms with E-state index in [2.05, 4.69) is 5.32 Å². The smallest absolute Gasteiger partial charge is 0.243 e. The van der Waals surface area contributed by atoms with E-state index in [1.807, 2.05) is 51.1 Å². The van der Waals surface area contributed by atoms with Crippen LogP contribution in [-0.4, -0.2) is 34.6 Å². The number of carbonyl (C=O) groups is 2. The highest BCUT2D eigenvalue weighted by Crippen LogP contribution is 2.25. The number of hydrogen-bond acceptors (Lipinski definition) is 3. The number of thioether (sulfide) groups is 1. The van der Waals surface area contributed by atoms with Crippen LogP contribution in [0, 0.1) is 0 Å². The van der Waals surface area contributed by atoms with Gasteiger partial charge in [-0.2, -0.15) is 0 Å². The molecule has 0 saturated heterocycles. The zero-order valence-corrected chi connectivity index (χ0v) is 22.3. The minimum atomic E-state index is -0.551. The number of amides is 2. The van der Waals surface area contributed by atoms with Gasteiger partial charge in [0.05, 0.1) is 10.0 Å². The Balaban J connectivity index is 2.09. The third-order valence-corrected chi connectivity index (χ3v) is 7.43. The standard InChI is InChI=1S/C25H31Cl3N2O2S/c1-4-17(3)29-25(32)23(5-2)30(16-18-8-13-21(27)22(28)15-18)24(31)7-6-14-33-20-11-9-19(26)10-12-20/h8-13,15,17,23H,4-7,14,16H2,1-3H3,(H,29,32)/t17-,23+/m0/s1. The molecule has 33 heavy (non-hydrogen) atoms. The van der Waals surface area contributed by atoms with Crippen LogP contribution in [-0.2, 0) is 16.1 Å². The van der Waals surface area contributed by atoms with Crippen molar-refractivity contribution in [3.63, 3.8) is 0 Å². The van der Waals surface area contributed by atoms with Gasteiger partial charge in [-0.1, -0.05) is 54.7 Å². The molecule has 2 aromatic carbocycles. The lowest BCUT2D eigenvalue weighted by atomic mass is 10.1. The largest absolute Gasteiger partial charge is 0.352 e. The molecule has 0 radical (unpaired) electrons. The predicted molar refractivity (Wildman–Crippen MR) is 140 cm³/mol. The fraction of sp³-hybridized carbons (Fsp3) is 0.440. The average Bonchev–Trinajstić information content (AvgIpc) is 2.79. The van der Waals surface area contributed by atoms with Crippen molar-refractivity contribution in [2.75, 3.05) is 5.75 Å². The third-order valence-electron chi connectivity index (χ3n) is 5.34. The number of halogens is 3. The van der Waals surface area contributed by atoms with Crippen LogP contribution in [0.4, 0.5) is 0 Å². The molecule has 2 amide bonds. The summed E-state index contributed by atoms with van der Waals surface area (Å²) in [5.41, 5.74) is 0.836. The van der Waals surface area contributed by atoms with E-state index >= 15 is 0 Å². The first-order valence-electron chi connectivity index (χ1n) is 11.2. The summed E-state index contributed by atoms with van der Waals surface area (Å²) in [6, 6.07) is 12.4. The quantitative estimate of drug-likeness (QED) is 0.233. The predicted octanol–water partition coefficient (Wildman–Crippen LogP) is 7.24. The van der Waals surface area contributed by atoms with Crippen molar-refractivity contribution in [3.8, 4) is 0 Å². The molecule has 2 aromatic rings. The van der Waals surface area contributed by atoms with Gasteiger partial charge in [0.15, 0.2) is 0 Å². The lowest BCUT2D eigenvalue weighted by Gasteiger charge is -2.31. The summed E-state index contributed by atoms with van der Waals surface area (Å²) in [5.74, 6) is 0.615. The maximum atomic E-state index is 13.3. The van der Waals surface area contributed by atoms with Gasteiger partial charge >= 0.3 is 0 Å². The molecule has 1 N–H and O–H groups in total. The SMILES string of the molecule is CC[C@H](C(=O)N[C@@H](C)CC)N(Cc1ccc(Cl)c(Cl)c1)C(=O)CCCSc1ccc(Cl)cc1. The lowest BCUT2D eigenvalue weighted by Crippen LogP contribution is -2.50. The van der Waals surface area contributed by atoms with Crippen LogP contribution in [0.3, 0.4) is 0 Å². The van der Waals surface area contributed by atoms with E-state index in [-0.39, 0.29) is 17.9 Å². The van der Waals surface area contributed by atoms with Crippen molar-refractivity contribution < 1.29 is 9.59 Å². The average molecular weight is 530 g/mol. The first kappa shape index (κ1) is 27.8. The van der Waals surface area contributed by atoms with E-state index in [9.17, 15) is 9.59 Å². The van der Waals surface area contributed by atoms with Crippen molar-refractivity contribution in [2.45, 2.75) is 70.0 Å². The van der Waals surface area contributed by atoms with E-state index in [4.69, 9.17) is 34.8 Å². The molecule has 180 valence electrons. The summed E-state index contributed by atoms with van der Waals surface area (Å²) >= 11 is 19.9. The normalized spacial score (nSPS) is 12.8. The van der Waals surface area contributed by atoms with Gasteiger partial charge in [-0.15, -0.1) is 11.8 Å². The third kappa shape index (κ3) is 9.05. The highest BCUT2D eigenvalue weighted by molar-refractivity contribution is 7.99. The van der Waals surface area contributed by atoms with Crippen molar-refractivity contribution in [2.24, 2.45) is 0 Å². The minimum Gasteiger partial charge on any atom is -0.352 e. The molecule has 4 nitrogen and oxygen atoms in total. The molecule has 0 aromatic heterocycles. The number of nitrogens with zero attached hydrogens (tertiary/aromatic N) is 1. The van der Waals surface area contributed by atoms with E-state index in [1.54, 1.807) is 28.8 Å². The fourth-order valence-corrected chi connectivity index (χ4v) is 4.58. The second-order valence-electron chi connectivity index (χ2n) is 7.92. The van der Waals surface area contributed by atoms with Crippen LogP contribution < -0.4 is 5.32 Å². The molecule has 2 atom stereocenters. The van der Waals surface area contributed by atoms with Crippen LogP contribution in [0.5, 0.6) is 0 Å². The van der Waals surface area contributed by atoms with Crippen LogP contribution in [0.1, 0.15) is 52.0 Å². The summed E-state index contributed by atoms with van der Waals surface area (Å²) in [7, 11) is 0. The summed E-state index contributed by atoms with van der Waals surface area (Å²) in [6.07, 6.45) is 2.40. The Morgan fingerprint density at radius 1 is 1.00 bits per heavy atom. The van der Waals surface area contributed by atoms with Gasteiger partial charge in [0, 0.05) is 28.9 Å². The molecule has 0 fully saturated rings. The van der Waals surface area contributed by atoms with Crippen molar-refractivity contribution in [1.29, 1.82) is 0 Å². The van der Waals surface area contributed by atoms with Crippen molar-refractivity contribution in [1.82, 2.24) is 10.2 Å². The van der Waals surface area contributed by atoms with Crippen molar-refractivity contribution >= 4 is 58.4 Å². The van der Waals surface area contributed by atoms with Gasteiger partial charge in [0.2, 0.25) is 11.8 Å². The summed E-state index contributed by atoms with van der Waals surface area (Å²) in [5, 5.41) is 4.61. The number of carbonyl (C=O) groups excluding carboxylic acids is 2. The molecule has 0 spiro atoms. The molecule has 0 saturated carbocycles. The van der Waals surface area contributed by atoms with Crippen LogP contribution in [0.2, 0.25) is 15.1 Å². The lowest BCUT2D eigenvalue weighted by molar-refractivity contribution is -0.141. The molecule has 0 aliphatic rings. The molecule has 0 heterocycles. The zero-order chi connectivity index (χ0) is 24.4. The van der Waals surface area contributed by atoms with Gasteiger partial charge in [-0.05, 0) is 73.9 Å². The zero-order valence-electron chi connectivity index (χ0n) is 19.2. The molecule has 0 aliphatic heterocycles.